The highest BCUT2D eigenvalue weighted by Crippen LogP contribution is 2.29. The first-order chi connectivity index (χ1) is 10.00. The molecule has 6 heteroatoms. The van der Waals surface area contributed by atoms with E-state index in [9.17, 15) is 0 Å². The molecular weight excluding hydrogens is 300 g/mol. The van der Waals surface area contributed by atoms with Crippen molar-refractivity contribution in [2.45, 2.75) is 38.4 Å². The van der Waals surface area contributed by atoms with Gasteiger partial charge in [-0.1, -0.05) is 0 Å². The molecule has 1 N–H and O–H groups in total. The van der Waals surface area contributed by atoms with Crippen LogP contribution in [0.5, 0.6) is 0 Å². The number of hydrogen-bond acceptors (Lipinski definition) is 4. The Hall–Kier alpha value is -0.750. The molecule has 2 rings (SSSR count). The maximum absolute atomic E-state index is 4.50. The minimum atomic E-state index is 0.314. The van der Waals surface area contributed by atoms with Crippen LogP contribution >= 0.6 is 23.1 Å². The normalized spacial score (nSPS) is 18.9. The molecule has 0 saturated carbocycles. The van der Waals surface area contributed by atoms with Gasteiger partial charge in [0.05, 0.1) is 5.01 Å². The lowest BCUT2D eigenvalue weighted by Crippen LogP contribution is -2.51. The number of rotatable bonds is 4. The minimum Gasteiger partial charge on any atom is -0.356 e. The lowest BCUT2D eigenvalue weighted by Gasteiger charge is -2.39. The van der Waals surface area contributed by atoms with Gasteiger partial charge in [-0.05, 0) is 27.2 Å². The van der Waals surface area contributed by atoms with Crippen molar-refractivity contribution >= 4 is 29.1 Å². The number of nitrogens with one attached hydrogen (secondary N) is 1. The van der Waals surface area contributed by atoms with Gasteiger partial charge in [-0.2, -0.15) is 11.8 Å². The summed E-state index contributed by atoms with van der Waals surface area (Å²) in [5.74, 6) is 2.21. The van der Waals surface area contributed by atoms with Crippen molar-refractivity contribution in [1.29, 1.82) is 0 Å². The van der Waals surface area contributed by atoms with Crippen LogP contribution < -0.4 is 5.32 Å². The van der Waals surface area contributed by atoms with Crippen LogP contribution in [-0.4, -0.2) is 53.0 Å². The third-order valence-electron chi connectivity index (χ3n) is 3.45. The highest BCUT2D eigenvalue weighted by molar-refractivity contribution is 8.00. The van der Waals surface area contributed by atoms with Crippen LogP contribution in [0.1, 0.15) is 31.0 Å². The Bertz CT molecular complexity index is 482. The summed E-state index contributed by atoms with van der Waals surface area (Å²) in [6, 6.07) is 0. The van der Waals surface area contributed by atoms with Crippen LogP contribution in [0, 0.1) is 6.92 Å². The molecule has 4 nitrogen and oxygen atoms in total. The second-order valence-electron chi connectivity index (χ2n) is 5.99. The van der Waals surface area contributed by atoms with Gasteiger partial charge in [0, 0.05) is 54.7 Å². The number of guanidine groups is 1. The van der Waals surface area contributed by atoms with E-state index in [0.717, 1.165) is 44.1 Å². The zero-order valence-electron chi connectivity index (χ0n) is 13.5. The quantitative estimate of drug-likeness (QED) is 0.525. The fourth-order valence-electron chi connectivity index (χ4n) is 2.49. The number of aryl methyl sites for hydroxylation is 2. The summed E-state index contributed by atoms with van der Waals surface area (Å²) in [6.07, 6.45) is 2.14. The summed E-state index contributed by atoms with van der Waals surface area (Å²) in [7, 11) is 1.88. The summed E-state index contributed by atoms with van der Waals surface area (Å²) in [6.45, 7) is 9.76. The first-order valence-corrected chi connectivity index (χ1v) is 9.37. The molecule has 0 amide bonds. The van der Waals surface area contributed by atoms with Crippen LogP contribution in [0.3, 0.4) is 0 Å². The van der Waals surface area contributed by atoms with Gasteiger partial charge in [0.1, 0.15) is 0 Å². The van der Waals surface area contributed by atoms with Crippen molar-refractivity contribution in [2.24, 2.45) is 4.99 Å². The fourth-order valence-corrected chi connectivity index (χ4v) is 4.42. The Labute approximate surface area is 136 Å². The average Bonchev–Trinajstić information content (AvgIpc) is 2.83. The van der Waals surface area contributed by atoms with Crippen molar-refractivity contribution in [2.75, 3.05) is 32.4 Å². The molecule has 2 heterocycles. The molecule has 1 fully saturated rings. The van der Waals surface area contributed by atoms with Gasteiger partial charge in [-0.3, -0.25) is 4.99 Å². The zero-order valence-corrected chi connectivity index (χ0v) is 15.1. The Balaban J connectivity index is 1.75. The highest BCUT2D eigenvalue weighted by Gasteiger charge is 2.28. The van der Waals surface area contributed by atoms with Crippen LogP contribution in [0.15, 0.2) is 10.4 Å². The summed E-state index contributed by atoms with van der Waals surface area (Å²) >= 11 is 3.81. The second kappa shape index (κ2) is 7.49. The van der Waals surface area contributed by atoms with Crippen LogP contribution in [0.25, 0.3) is 0 Å². The maximum atomic E-state index is 4.50. The van der Waals surface area contributed by atoms with Gasteiger partial charge in [0.15, 0.2) is 5.96 Å². The monoisotopic (exact) mass is 326 g/mol. The number of thioether (sulfide) groups is 1. The second-order valence-corrected chi connectivity index (χ2v) is 8.73. The van der Waals surface area contributed by atoms with Gasteiger partial charge < -0.3 is 10.2 Å². The molecular formula is C15H26N4S2. The molecule has 0 bridgehead atoms. The summed E-state index contributed by atoms with van der Waals surface area (Å²) in [4.78, 5) is 11.3. The van der Waals surface area contributed by atoms with E-state index in [1.165, 1.54) is 10.8 Å². The maximum Gasteiger partial charge on any atom is 0.193 e. The first kappa shape index (κ1) is 16.6. The van der Waals surface area contributed by atoms with E-state index in [4.69, 9.17) is 0 Å². The Morgan fingerprint density at radius 3 is 2.95 bits per heavy atom. The van der Waals surface area contributed by atoms with Crippen LogP contribution in [0.4, 0.5) is 0 Å². The zero-order chi connectivity index (χ0) is 15.3. The van der Waals surface area contributed by atoms with Crippen molar-refractivity contribution in [1.82, 2.24) is 15.2 Å². The molecule has 0 unspecified atom stereocenters. The number of nitrogens with zero attached hydrogens (tertiary/aromatic N) is 3. The number of aliphatic imine (C=N–C) groups is 1. The number of thiazole rings is 1. The predicted octanol–water partition coefficient (Wildman–Crippen LogP) is 2.79. The Kier molecular flexibility index (Phi) is 5.93. The molecule has 0 spiro atoms. The molecule has 0 atom stereocenters. The van der Waals surface area contributed by atoms with E-state index in [1.54, 1.807) is 11.3 Å². The minimum absolute atomic E-state index is 0.314. The molecule has 1 aromatic rings. The molecule has 0 aromatic carbocycles. The largest absolute Gasteiger partial charge is 0.356 e. The van der Waals surface area contributed by atoms with Gasteiger partial charge in [-0.15, -0.1) is 11.3 Å². The van der Waals surface area contributed by atoms with Crippen molar-refractivity contribution in [3.63, 3.8) is 0 Å². The number of aromatic nitrogens is 1. The molecule has 1 aliphatic rings. The lowest BCUT2D eigenvalue weighted by molar-refractivity contribution is 0.375. The van der Waals surface area contributed by atoms with Gasteiger partial charge >= 0.3 is 0 Å². The van der Waals surface area contributed by atoms with E-state index in [-0.39, 0.29) is 0 Å². The SMILES string of the molecule is CN=C(NCCCc1nc(C)cs1)N1CCSC(C)(C)C1. The summed E-state index contributed by atoms with van der Waals surface area (Å²) in [5.41, 5.74) is 1.13. The van der Waals surface area contributed by atoms with Crippen LogP contribution in [0.2, 0.25) is 0 Å². The molecule has 1 aromatic heterocycles. The topological polar surface area (TPSA) is 40.5 Å². The summed E-state index contributed by atoms with van der Waals surface area (Å²) in [5, 5.41) is 6.85. The van der Waals surface area contributed by atoms with Gasteiger partial charge in [0.2, 0.25) is 0 Å². The van der Waals surface area contributed by atoms with Gasteiger partial charge in [-0.25, -0.2) is 4.98 Å². The van der Waals surface area contributed by atoms with Crippen molar-refractivity contribution in [3.8, 4) is 0 Å². The molecule has 1 aliphatic heterocycles. The highest BCUT2D eigenvalue weighted by atomic mass is 32.2. The van der Waals surface area contributed by atoms with E-state index in [2.05, 4.69) is 46.3 Å². The molecule has 1 saturated heterocycles. The molecule has 0 aliphatic carbocycles. The average molecular weight is 327 g/mol. The van der Waals surface area contributed by atoms with Crippen molar-refractivity contribution < 1.29 is 0 Å². The summed E-state index contributed by atoms with van der Waals surface area (Å²) < 4.78 is 0.314. The van der Waals surface area contributed by atoms with Crippen LogP contribution in [-0.2, 0) is 6.42 Å². The Morgan fingerprint density at radius 1 is 1.52 bits per heavy atom. The van der Waals surface area contributed by atoms with E-state index < -0.39 is 0 Å². The first-order valence-electron chi connectivity index (χ1n) is 7.51. The van der Waals surface area contributed by atoms with Gasteiger partial charge in [0.25, 0.3) is 0 Å². The van der Waals surface area contributed by atoms with E-state index in [1.807, 2.05) is 18.8 Å². The number of hydrogen-bond donors (Lipinski definition) is 1. The smallest absolute Gasteiger partial charge is 0.193 e. The van der Waals surface area contributed by atoms with Crippen molar-refractivity contribution in [3.05, 3.63) is 16.1 Å². The predicted molar refractivity (Wildman–Crippen MR) is 94.6 cm³/mol. The fraction of sp³-hybridized carbons (Fsp3) is 0.733. The van der Waals surface area contributed by atoms with E-state index in [0.29, 0.717) is 4.75 Å². The molecule has 0 radical (unpaired) electrons. The third kappa shape index (κ3) is 5.18. The molecule has 21 heavy (non-hydrogen) atoms. The Morgan fingerprint density at radius 2 is 2.33 bits per heavy atom. The lowest BCUT2D eigenvalue weighted by atomic mass is 10.2. The third-order valence-corrected chi connectivity index (χ3v) is 5.78. The van der Waals surface area contributed by atoms with E-state index >= 15 is 0 Å². The molecule has 118 valence electrons. The standard InChI is InChI=1S/C15H26N4S2/c1-12-10-20-13(18-12)6-5-7-17-14(16-4)19-8-9-21-15(2,3)11-19/h10H,5-9,11H2,1-4H3,(H,16,17).